The van der Waals surface area contributed by atoms with E-state index in [1.165, 1.54) is 22.3 Å². The third kappa shape index (κ3) is 3.16. The number of methoxy groups -OCH3 is 2. The highest BCUT2D eigenvalue weighted by molar-refractivity contribution is 5.81. The number of benzene rings is 2. The minimum absolute atomic E-state index is 0.223. The summed E-state index contributed by atoms with van der Waals surface area (Å²) in [5.74, 6) is 2.58. The molecule has 1 N–H and O–H groups in total. The Hall–Kier alpha value is -2.49. The van der Waals surface area contributed by atoms with Crippen molar-refractivity contribution in [3.63, 3.8) is 0 Å². The van der Waals surface area contributed by atoms with Gasteiger partial charge in [-0.2, -0.15) is 0 Å². The van der Waals surface area contributed by atoms with Crippen molar-refractivity contribution in [2.45, 2.75) is 31.6 Å². The smallest absolute Gasteiger partial charge is 0.223 e. The fraction of sp³-hybridized carbons (Fsp3) is 0.409. The Morgan fingerprint density at radius 3 is 2.08 bits per heavy atom. The first-order valence-electron chi connectivity index (χ1n) is 9.35. The Balaban J connectivity index is 1.55. The molecular formula is C22H25NO3. The molecule has 4 heteroatoms. The lowest BCUT2D eigenvalue weighted by atomic mass is 9.92. The van der Waals surface area contributed by atoms with E-state index in [-0.39, 0.29) is 11.8 Å². The first-order chi connectivity index (χ1) is 12.7. The van der Waals surface area contributed by atoms with Gasteiger partial charge >= 0.3 is 0 Å². The zero-order chi connectivity index (χ0) is 18.1. The van der Waals surface area contributed by atoms with Crippen molar-refractivity contribution < 1.29 is 14.3 Å². The van der Waals surface area contributed by atoms with Gasteiger partial charge in [-0.3, -0.25) is 4.79 Å². The topological polar surface area (TPSA) is 47.6 Å². The highest BCUT2D eigenvalue weighted by Crippen LogP contribution is 2.48. The van der Waals surface area contributed by atoms with E-state index >= 15 is 0 Å². The van der Waals surface area contributed by atoms with Crippen LogP contribution >= 0.6 is 0 Å². The van der Waals surface area contributed by atoms with E-state index in [0.29, 0.717) is 5.92 Å². The second-order valence-corrected chi connectivity index (χ2v) is 7.17. The predicted molar refractivity (Wildman–Crippen MR) is 102 cm³/mol. The number of carbonyl (C=O) groups excluding carboxylic acids is 1. The standard InChI is InChI=1S/C22H25NO3/c1-25-15-7-9-18-19-10-8-16(26-2)13-21(19)17(20(18)12-15)4-3-11-23-22(24)14-5-6-14/h7-10,12-14,17H,3-6,11H2,1-2H3,(H,23,24). The highest BCUT2D eigenvalue weighted by Gasteiger charge is 2.31. The van der Waals surface area contributed by atoms with Gasteiger partial charge < -0.3 is 14.8 Å². The highest BCUT2D eigenvalue weighted by atomic mass is 16.5. The molecule has 4 rings (SSSR count). The lowest BCUT2D eigenvalue weighted by molar-refractivity contribution is -0.122. The van der Waals surface area contributed by atoms with E-state index in [1.54, 1.807) is 14.2 Å². The largest absolute Gasteiger partial charge is 0.497 e. The molecule has 0 aliphatic heterocycles. The van der Waals surface area contributed by atoms with Crippen LogP contribution in [0.15, 0.2) is 36.4 Å². The summed E-state index contributed by atoms with van der Waals surface area (Å²) in [5.41, 5.74) is 5.16. The number of carbonyl (C=O) groups is 1. The van der Waals surface area contributed by atoms with Crippen LogP contribution in [-0.2, 0) is 4.79 Å². The molecule has 4 nitrogen and oxygen atoms in total. The number of amides is 1. The van der Waals surface area contributed by atoms with Crippen LogP contribution in [-0.4, -0.2) is 26.7 Å². The summed E-state index contributed by atoms with van der Waals surface area (Å²) in [6, 6.07) is 12.6. The average Bonchev–Trinajstić information content (AvgIpc) is 3.48. The fourth-order valence-corrected chi connectivity index (χ4v) is 3.89. The Morgan fingerprint density at radius 2 is 1.58 bits per heavy atom. The third-order valence-corrected chi connectivity index (χ3v) is 5.48. The van der Waals surface area contributed by atoms with Crippen molar-refractivity contribution in [2.24, 2.45) is 5.92 Å². The summed E-state index contributed by atoms with van der Waals surface area (Å²) >= 11 is 0. The molecule has 0 unspecified atom stereocenters. The number of hydrogen-bond donors (Lipinski definition) is 1. The SMILES string of the molecule is COc1ccc2c(c1)C(CCCNC(=O)C1CC1)c1cc(OC)ccc1-2. The van der Waals surface area contributed by atoms with Crippen LogP contribution in [0.4, 0.5) is 0 Å². The number of rotatable bonds is 7. The van der Waals surface area contributed by atoms with Crippen molar-refractivity contribution in [1.82, 2.24) is 5.32 Å². The predicted octanol–water partition coefficient (Wildman–Crippen LogP) is 4.12. The molecule has 0 aromatic heterocycles. The molecular weight excluding hydrogens is 326 g/mol. The van der Waals surface area contributed by atoms with Crippen molar-refractivity contribution in [3.05, 3.63) is 47.5 Å². The van der Waals surface area contributed by atoms with E-state index in [1.807, 2.05) is 12.1 Å². The van der Waals surface area contributed by atoms with Crippen molar-refractivity contribution in [1.29, 1.82) is 0 Å². The fourth-order valence-electron chi connectivity index (χ4n) is 3.89. The molecule has 0 bridgehead atoms. The molecule has 0 heterocycles. The first-order valence-corrected chi connectivity index (χ1v) is 9.35. The van der Waals surface area contributed by atoms with E-state index in [2.05, 4.69) is 29.6 Å². The molecule has 1 fully saturated rings. The van der Waals surface area contributed by atoms with Gasteiger partial charge in [0.25, 0.3) is 0 Å². The Labute approximate surface area is 154 Å². The summed E-state index contributed by atoms with van der Waals surface area (Å²) in [5, 5.41) is 3.07. The van der Waals surface area contributed by atoms with Gasteiger partial charge in [0.05, 0.1) is 14.2 Å². The summed E-state index contributed by atoms with van der Waals surface area (Å²) in [4.78, 5) is 11.8. The maximum atomic E-state index is 11.8. The van der Waals surface area contributed by atoms with Gasteiger partial charge in [-0.1, -0.05) is 12.1 Å². The zero-order valence-corrected chi connectivity index (χ0v) is 15.4. The molecule has 0 saturated heterocycles. The second-order valence-electron chi connectivity index (χ2n) is 7.17. The lowest BCUT2D eigenvalue weighted by Gasteiger charge is -2.15. The minimum atomic E-state index is 0.223. The van der Waals surface area contributed by atoms with Crippen LogP contribution in [0.3, 0.4) is 0 Å². The van der Waals surface area contributed by atoms with Crippen LogP contribution in [0.5, 0.6) is 11.5 Å². The maximum Gasteiger partial charge on any atom is 0.223 e. The van der Waals surface area contributed by atoms with Gasteiger partial charge in [-0.15, -0.1) is 0 Å². The Morgan fingerprint density at radius 1 is 1.00 bits per heavy atom. The van der Waals surface area contributed by atoms with Gasteiger partial charge in [-0.25, -0.2) is 0 Å². The number of ether oxygens (including phenoxy) is 2. The quantitative estimate of drug-likeness (QED) is 0.763. The molecule has 0 atom stereocenters. The molecule has 2 aliphatic carbocycles. The normalized spacial score (nSPS) is 15.3. The Bertz CT molecular complexity index is 773. The van der Waals surface area contributed by atoms with Crippen LogP contribution < -0.4 is 14.8 Å². The van der Waals surface area contributed by atoms with Crippen LogP contribution in [0, 0.1) is 5.92 Å². The number of hydrogen-bond acceptors (Lipinski definition) is 3. The number of nitrogens with one attached hydrogen (secondary N) is 1. The van der Waals surface area contributed by atoms with Crippen LogP contribution in [0.2, 0.25) is 0 Å². The van der Waals surface area contributed by atoms with Gasteiger partial charge in [0, 0.05) is 18.4 Å². The molecule has 2 aromatic carbocycles. The molecule has 26 heavy (non-hydrogen) atoms. The van der Waals surface area contributed by atoms with E-state index in [9.17, 15) is 4.79 Å². The summed E-state index contributed by atoms with van der Waals surface area (Å²) in [7, 11) is 3.41. The van der Waals surface area contributed by atoms with E-state index < -0.39 is 0 Å². The van der Waals surface area contributed by atoms with Gasteiger partial charge in [0.15, 0.2) is 0 Å². The van der Waals surface area contributed by atoms with Crippen molar-refractivity contribution in [3.8, 4) is 22.6 Å². The zero-order valence-electron chi connectivity index (χ0n) is 15.4. The Kier molecular flexibility index (Phi) is 4.58. The summed E-state index contributed by atoms with van der Waals surface area (Å²) in [6.45, 7) is 0.741. The van der Waals surface area contributed by atoms with Crippen LogP contribution in [0.1, 0.15) is 42.7 Å². The third-order valence-electron chi connectivity index (χ3n) is 5.48. The minimum Gasteiger partial charge on any atom is -0.497 e. The van der Waals surface area contributed by atoms with Gasteiger partial charge in [0.2, 0.25) is 5.91 Å². The maximum absolute atomic E-state index is 11.8. The van der Waals surface area contributed by atoms with Crippen molar-refractivity contribution >= 4 is 5.91 Å². The molecule has 1 saturated carbocycles. The lowest BCUT2D eigenvalue weighted by Crippen LogP contribution is -2.26. The van der Waals surface area contributed by atoms with E-state index in [0.717, 1.165) is 43.7 Å². The molecule has 136 valence electrons. The summed E-state index contributed by atoms with van der Waals surface area (Å²) in [6.07, 6.45) is 4.05. The molecule has 2 aliphatic rings. The van der Waals surface area contributed by atoms with E-state index in [4.69, 9.17) is 9.47 Å². The first kappa shape index (κ1) is 17.0. The molecule has 2 aromatic rings. The van der Waals surface area contributed by atoms with Gasteiger partial charge in [0.1, 0.15) is 11.5 Å². The molecule has 0 radical (unpaired) electrons. The van der Waals surface area contributed by atoms with Crippen LogP contribution in [0.25, 0.3) is 11.1 Å². The van der Waals surface area contributed by atoms with Gasteiger partial charge in [-0.05, 0) is 72.2 Å². The van der Waals surface area contributed by atoms with Crippen molar-refractivity contribution in [2.75, 3.05) is 20.8 Å². The number of fused-ring (bicyclic) bond motifs is 3. The second kappa shape index (κ2) is 7.02. The average molecular weight is 351 g/mol. The summed E-state index contributed by atoms with van der Waals surface area (Å²) < 4.78 is 10.9. The monoisotopic (exact) mass is 351 g/mol. The molecule has 0 spiro atoms. The molecule has 1 amide bonds.